The largest absolute Gasteiger partial charge is 0.462 e. The zero-order chi connectivity index (χ0) is 19.6. The third kappa shape index (κ3) is 6.73. The lowest BCUT2D eigenvalue weighted by Gasteiger charge is -2.39. The number of aryl methyl sites for hydroxylation is 1. The van der Waals surface area contributed by atoms with Crippen LogP contribution in [0.25, 0.3) is 0 Å². The predicted octanol–water partition coefficient (Wildman–Crippen LogP) is 2.16. The molecule has 6 nitrogen and oxygen atoms in total. The summed E-state index contributed by atoms with van der Waals surface area (Å²) in [7, 11) is 0. The smallest absolute Gasteiger partial charge is 0.229 e. The van der Waals surface area contributed by atoms with E-state index in [2.05, 4.69) is 6.92 Å². The number of benzene rings is 1. The molecule has 2 rings (SSSR count). The zero-order valence-electron chi connectivity index (χ0n) is 16.2. The molecule has 1 aromatic carbocycles. The fraction of sp³-hybridized carbons (Fsp3) is 0.714. The number of ether oxygens (including phenoxy) is 2. The number of hydrogen-bond donors (Lipinski definition) is 4. The maximum atomic E-state index is 10.0. The fourth-order valence-corrected chi connectivity index (χ4v) is 3.32. The molecular formula is C21H34O6. The summed E-state index contributed by atoms with van der Waals surface area (Å²) in [6.45, 7) is 1.76. The molecule has 0 unspecified atom stereocenters. The Morgan fingerprint density at radius 2 is 1.48 bits per heavy atom. The second-order valence-electron chi connectivity index (χ2n) is 7.33. The van der Waals surface area contributed by atoms with Crippen molar-refractivity contribution < 1.29 is 29.9 Å². The average Bonchev–Trinajstić information content (AvgIpc) is 2.69. The van der Waals surface area contributed by atoms with E-state index >= 15 is 0 Å². The minimum atomic E-state index is -1.43. The summed E-state index contributed by atoms with van der Waals surface area (Å²) in [6.07, 6.45) is 3.66. The van der Waals surface area contributed by atoms with Crippen LogP contribution in [-0.4, -0.2) is 57.7 Å². The molecule has 5 atom stereocenters. The molecule has 0 aliphatic carbocycles. The summed E-state index contributed by atoms with van der Waals surface area (Å²) < 4.78 is 11.0. The van der Waals surface area contributed by atoms with Crippen LogP contribution in [-0.2, 0) is 11.2 Å². The SMILES string of the molecule is CCCCCCCCCc1ccc(O[C@H]2O[C@H](CO)[C@@H](O)[C@H](O)[C@H]2O)cc1. The van der Waals surface area contributed by atoms with Gasteiger partial charge in [0.15, 0.2) is 0 Å². The summed E-state index contributed by atoms with van der Waals surface area (Å²) in [4.78, 5) is 0. The third-order valence-corrected chi connectivity index (χ3v) is 5.09. The quantitative estimate of drug-likeness (QED) is 0.438. The van der Waals surface area contributed by atoms with Crippen molar-refractivity contribution in [1.29, 1.82) is 0 Å². The predicted molar refractivity (Wildman–Crippen MR) is 103 cm³/mol. The van der Waals surface area contributed by atoms with Gasteiger partial charge in [-0.15, -0.1) is 0 Å². The van der Waals surface area contributed by atoms with Crippen LogP contribution in [0, 0.1) is 0 Å². The molecule has 0 spiro atoms. The van der Waals surface area contributed by atoms with Gasteiger partial charge in [-0.2, -0.15) is 0 Å². The molecule has 1 aromatic rings. The highest BCUT2D eigenvalue weighted by Gasteiger charge is 2.44. The van der Waals surface area contributed by atoms with Crippen LogP contribution in [0.4, 0.5) is 0 Å². The van der Waals surface area contributed by atoms with Crippen molar-refractivity contribution in [2.24, 2.45) is 0 Å². The Bertz CT molecular complexity index is 518. The van der Waals surface area contributed by atoms with Crippen molar-refractivity contribution in [2.45, 2.75) is 89.0 Å². The highest BCUT2D eigenvalue weighted by molar-refractivity contribution is 5.27. The van der Waals surface area contributed by atoms with E-state index in [-0.39, 0.29) is 0 Å². The Kier molecular flexibility index (Phi) is 9.51. The Hall–Kier alpha value is -1.18. The molecule has 1 aliphatic rings. The molecule has 1 aliphatic heterocycles. The first-order valence-corrected chi connectivity index (χ1v) is 10.1. The van der Waals surface area contributed by atoms with Crippen LogP contribution in [0.1, 0.15) is 57.4 Å². The van der Waals surface area contributed by atoms with Gasteiger partial charge >= 0.3 is 0 Å². The van der Waals surface area contributed by atoms with Gasteiger partial charge in [-0.25, -0.2) is 0 Å². The van der Waals surface area contributed by atoms with Crippen molar-refractivity contribution in [2.75, 3.05) is 6.61 Å². The van der Waals surface area contributed by atoms with Crippen molar-refractivity contribution >= 4 is 0 Å². The van der Waals surface area contributed by atoms with Gasteiger partial charge in [-0.05, 0) is 30.5 Å². The fourth-order valence-electron chi connectivity index (χ4n) is 3.32. The zero-order valence-corrected chi connectivity index (χ0v) is 16.2. The van der Waals surface area contributed by atoms with Crippen molar-refractivity contribution in [3.05, 3.63) is 29.8 Å². The molecule has 0 radical (unpaired) electrons. The Morgan fingerprint density at radius 3 is 2.11 bits per heavy atom. The van der Waals surface area contributed by atoms with Crippen molar-refractivity contribution in [1.82, 2.24) is 0 Å². The van der Waals surface area contributed by atoms with Gasteiger partial charge in [-0.3, -0.25) is 0 Å². The van der Waals surface area contributed by atoms with Crippen LogP contribution in [0.15, 0.2) is 24.3 Å². The number of aliphatic hydroxyl groups is 4. The van der Waals surface area contributed by atoms with Gasteiger partial charge in [0.05, 0.1) is 6.61 Å². The van der Waals surface area contributed by atoms with E-state index in [1.165, 1.54) is 50.5 Å². The van der Waals surface area contributed by atoms with Crippen molar-refractivity contribution in [3.8, 4) is 5.75 Å². The number of rotatable bonds is 11. The number of hydrogen-bond acceptors (Lipinski definition) is 6. The summed E-state index contributed by atoms with van der Waals surface area (Å²) in [5, 5.41) is 38.8. The van der Waals surface area contributed by atoms with E-state index in [1.54, 1.807) is 12.1 Å². The second kappa shape index (κ2) is 11.6. The van der Waals surface area contributed by atoms with Crippen LogP contribution < -0.4 is 4.74 Å². The summed E-state index contributed by atoms with van der Waals surface area (Å²) >= 11 is 0. The minimum absolute atomic E-state index is 0.470. The van der Waals surface area contributed by atoms with Gasteiger partial charge in [0.1, 0.15) is 30.2 Å². The molecule has 0 saturated carbocycles. The Balaban J connectivity index is 1.76. The lowest BCUT2D eigenvalue weighted by molar-refractivity contribution is -0.277. The van der Waals surface area contributed by atoms with E-state index in [9.17, 15) is 20.4 Å². The van der Waals surface area contributed by atoms with Crippen LogP contribution >= 0.6 is 0 Å². The van der Waals surface area contributed by atoms with E-state index in [0.29, 0.717) is 5.75 Å². The van der Waals surface area contributed by atoms with E-state index in [4.69, 9.17) is 9.47 Å². The Morgan fingerprint density at radius 1 is 0.852 bits per heavy atom. The Labute approximate surface area is 161 Å². The third-order valence-electron chi connectivity index (χ3n) is 5.09. The first-order chi connectivity index (χ1) is 13.1. The molecule has 4 N–H and O–H groups in total. The molecule has 27 heavy (non-hydrogen) atoms. The van der Waals surface area contributed by atoms with Crippen LogP contribution in [0.3, 0.4) is 0 Å². The highest BCUT2D eigenvalue weighted by atomic mass is 16.7. The van der Waals surface area contributed by atoms with E-state index in [0.717, 1.165) is 6.42 Å². The minimum Gasteiger partial charge on any atom is -0.462 e. The molecule has 1 heterocycles. The summed E-state index contributed by atoms with van der Waals surface area (Å²) in [5.74, 6) is 0.502. The lowest BCUT2D eigenvalue weighted by atomic mass is 9.99. The summed E-state index contributed by atoms with van der Waals surface area (Å²) in [6, 6.07) is 7.57. The molecule has 0 aromatic heterocycles. The van der Waals surface area contributed by atoms with Crippen LogP contribution in [0.2, 0.25) is 0 Å². The van der Waals surface area contributed by atoms with Gasteiger partial charge in [0.25, 0.3) is 0 Å². The molecule has 6 heteroatoms. The van der Waals surface area contributed by atoms with Gasteiger partial charge in [-0.1, -0.05) is 57.6 Å². The molecule has 1 fully saturated rings. The standard InChI is InChI=1S/C21H34O6/c1-2-3-4-5-6-7-8-9-15-10-12-16(13-11-15)26-21-20(25)19(24)18(23)17(14-22)27-21/h10-13,17-25H,2-9,14H2,1H3/t17-,18-,19+,20-,21+/m1/s1. The normalized spacial score (nSPS) is 28.3. The van der Waals surface area contributed by atoms with Gasteiger partial charge in [0, 0.05) is 0 Å². The molecular weight excluding hydrogens is 348 g/mol. The van der Waals surface area contributed by atoms with Crippen LogP contribution in [0.5, 0.6) is 5.75 Å². The van der Waals surface area contributed by atoms with Gasteiger partial charge in [0.2, 0.25) is 6.29 Å². The maximum absolute atomic E-state index is 10.0. The number of unbranched alkanes of at least 4 members (excludes halogenated alkanes) is 6. The van der Waals surface area contributed by atoms with E-state index < -0.39 is 37.3 Å². The first kappa shape index (κ1) is 22.1. The van der Waals surface area contributed by atoms with E-state index in [1.807, 2.05) is 12.1 Å². The summed E-state index contributed by atoms with van der Waals surface area (Å²) in [5.41, 5.74) is 1.23. The first-order valence-electron chi connectivity index (χ1n) is 10.1. The maximum Gasteiger partial charge on any atom is 0.229 e. The molecule has 0 bridgehead atoms. The average molecular weight is 382 g/mol. The van der Waals surface area contributed by atoms with Crippen molar-refractivity contribution in [3.63, 3.8) is 0 Å². The molecule has 1 saturated heterocycles. The highest BCUT2D eigenvalue weighted by Crippen LogP contribution is 2.24. The lowest BCUT2D eigenvalue weighted by Crippen LogP contribution is -2.60. The molecule has 154 valence electrons. The van der Waals surface area contributed by atoms with Gasteiger partial charge < -0.3 is 29.9 Å². The monoisotopic (exact) mass is 382 g/mol. The molecule has 0 amide bonds. The topological polar surface area (TPSA) is 99.4 Å². The second-order valence-corrected chi connectivity index (χ2v) is 7.33. The number of aliphatic hydroxyl groups excluding tert-OH is 4.